The molecule has 0 saturated heterocycles. The zero-order valence-electron chi connectivity index (χ0n) is 13.6. The number of methoxy groups -OCH3 is 1. The van der Waals surface area contributed by atoms with Crippen LogP contribution >= 0.6 is 0 Å². The molecule has 0 aliphatic heterocycles. The van der Waals surface area contributed by atoms with Crippen molar-refractivity contribution in [3.8, 4) is 0 Å². The van der Waals surface area contributed by atoms with E-state index in [2.05, 4.69) is 51.1 Å². The molecule has 1 aromatic carbocycles. The predicted octanol–water partition coefficient (Wildman–Crippen LogP) is 5.44. The van der Waals surface area contributed by atoms with Crippen LogP contribution in [0.4, 0.5) is 0 Å². The minimum Gasteiger partial charge on any atom is -0.382 e. The molecule has 0 N–H and O–H groups in total. The van der Waals surface area contributed by atoms with Crippen LogP contribution < -0.4 is 0 Å². The van der Waals surface area contributed by atoms with Crippen LogP contribution in [0.25, 0.3) is 0 Å². The van der Waals surface area contributed by atoms with Gasteiger partial charge in [-0.2, -0.15) is 0 Å². The molecule has 106 valence electrons. The van der Waals surface area contributed by atoms with Gasteiger partial charge in [-0.15, -0.1) is 0 Å². The van der Waals surface area contributed by atoms with Crippen LogP contribution in [0.5, 0.6) is 0 Å². The van der Waals surface area contributed by atoms with E-state index in [9.17, 15) is 0 Å². The van der Waals surface area contributed by atoms with Crippen LogP contribution in [0, 0.1) is 0 Å². The van der Waals surface area contributed by atoms with Gasteiger partial charge in [0, 0.05) is 7.11 Å². The molecular weight excluding hydrogens is 220 g/mol. The van der Waals surface area contributed by atoms with Gasteiger partial charge in [0.25, 0.3) is 0 Å². The van der Waals surface area contributed by atoms with E-state index in [1.165, 1.54) is 12.0 Å². The Balaban J connectivity index is 0. The number of hydrogen-bond donors (Lipinski definition) is 0. The second-order valence-electron chi connectivity index (χ2n) is 4.89. The minimum atomic E-state index is 0.335. The number of benzene rings is 1. The third-order valence-corrected chi connectivity index (χ3v) is 2.91. The Labute approximate surface area is 115 Å². The van der Waals surface area contributed by atoms with Crippen LogP contribution in [0.3, 0.4) is 0 Å². The lowest BCUT2D eigenvalue weighted by molar-refractivity contribution is 0.134. The molecule has 1 rings (SSSR count). The smallest absolute Gasteiger partial charge is 0.0515 e. The topological polar surface area (TPSA) is 9.23 Å². The van der Waals surface area contributed by atoms with Crippen molar-refractivity contribution in [2.24, 2.45) is 0 Å². The van der Waals surface area contributed by atoms with E-state index in [0.29, 0.717) is 11.5 Å². The van der Waals surface area contributed by atoms with Crippen LogP contribution in [0.15, 0.2) is 30.3 Å². The molecular formula is C17H32O. The first-order valence-corrected chi connectivity index (χ1v) is 7.02. The van der Waals surface area contributed by atoms with Crippen molar-refractivity contribution < 1.29 is 4.74 Å². The zero-order chi connectivity index (χ0) is 14.6. The van der Waals surface area contributed by atoms with E-state index in [-0.39, 0.29) is 0 Å². The molecule has 0 amide bonds. The van der Waals surface area contributed by atoms with Gasteiger partial charge in [0.15, 0.2) is 0 Å². The van der Waals surface area contributed by atoms with Crippen LogP contribution in [0.2, 0.25) is 0 Å². The van der Waals surface area contributed by atoms with E-state index in [0.717, 1.165) is 0 Å². The van der Waals surface area contributed by atoms with Crippen LogP contribution in [-0.4, -0.2) is 13.2 Å². The molecule has 0 aromatic heterocycles. The van der Waals surface area contributed by atoms with Gasteiger partial charge >= 0.3 is 0 Å². The van der Waals surface area contributed by atoms with Gasteiger partial charge < -0.3 is 4.74 Å². The quantitative estimate of drug-likeness (QED) is 0.696. The summed E-state index contributed by atoms with van der Waals surface area (Å²) < 4.78 is 4.75. The molecule has 0 heterocycles. The molecule has 0 fully saturated rings. The monoisotopic (exact) mass is 252 g/mol. The molecule has 0 unspecified atom stereocenters. The highest BCUT2D eigenvalue weighted by molar-refractivity contribution is 5.22. The normalized spacial score (nSPS) is 10.1. The standard InChI is InChI=1S/C11H16.C4H10O.C2H6/c1-4-11(2,3)10-8-6-5-7-9-10;1-4(2)5-3;1-2/h5-9H,4H2,1-3H3;4H,1-3H3;1-2H3. The van der Waals surface area contributed by atoms with E-state index in [4.69, 9.17) is 4.74 Å². The van der Waals surface area contributed by atoms with E-state index < -0.39 is 0 Å². The maximum Gasteiger partial charge on any atom is 0.0515 e. The Morgan fingerprint density at radius 2 is 1.44 bits per heavy atom. The lowest BCUT2D eigenvalue weighted by atomic mass is 9.82. The Morgan fingerprint density at radius 1 is 1.06 bits per heavy atom. The molecule has 0 bridgehead atoms. The number of ether oxygens (including phenoxy) is 1. The van der Waals surface area contributed by atoms with Crippen molar-refractivity contribution in [3.63, 3.8) is 0 Å². The molecule has 1 aromatic rings. The minimum absolute atomic E-state index is 0.335. The molecule has 0 aliphatic rings. The van der Waals surface area contributed by atoms with Crippen molar-refractivity contribution >= 4 is 0 Å². The SMILES string of the molecule is CC.CCC(C)(C)c1ccccc1.COC(C)C. The third-order valence-electron chi connectivity index (χ3n) is 2.91. The van der Waals surface area contributed by atoms with E-state index >= 15 is 0 Å². The highest BCUT2D eigenvalue weighted by Gasteiger charge is 2.16. The average molecular weight is 252 g/mol. The largest absolute Gasteiger partial charge is 0.382 e. The van der Waals surface area contributed by atoms with E-state index in [1.807, 2.05) is 27.7 Å². The van der Waals surface area contributed by atoms with Gasteiger partial charge in [-0.05, 0) is 31.2 Å². The highest BCUT2D eigenvalue weighted by atomic mass is 16.5. The summed E-state index contributed by atoms with van der Waals surface area (Å²) in [5.41, 5.74) is 1.77. The van der Waals surface area contributed by atoms with E-state index in [1.54, 1.807) is 7.11 Å². The van der Waals surface area contributed by atoms with Gasteiger partial charge in [-0.3, -0.25) is 0 Å². The summed E-state index contributed by atoms with van der Waals surface area (Å²) in [6.45, 7) is 14.8. The Kier molecular flexibility index (Phi) is 12.2. The fourth-order valence-electron chi connectivity index (χ4n) is 1.09. The Hall–Kier alpha value is -0.820. The molecule has 0 aliphatic carbocycles. The first kappa shape index (κ1) is 19.5. The lowest BCUT2D eigenvalue weighted by Gasteiger charge is -2.22. The van der Waals surface area contributed by atoms with Crippen molar-refractivity contribution in [1.82, 2.24) is 0 Å². The lowest BCUT2D eigenvalue weighted by Crippen LogP contribution is -2.14. The molecule has 0 atom stereocenters. The van der Waals surface area contributed by atoms with Gasteiger partial charge in [0.1, 0.15) is 0 Å². The predicted molar refractivity (Wildman–Crippen MR) is 83.3 cm³/mol. The summed E-state index contributed by atoms with van der Waals surface area (Å²) in [7, 11) is 1.70. The molecule has 0 spiro atoms. The summed E-state index contributed by atoms with van der Waals surface area (Å²) in [5, 5.41) is 0. The summed E-state index contributed by atoms with van der Waals surface area (Å²) in [6, 6.07) is 10.7. The van der Waals surface area contributed by atoms with Crippen molar-refractivity contribution in [3.05, 3.63) is 35.9 Å². The first-order chi connectivity index (χ1) is 8.44. The molecule has 1 heteroatoms. The average Bonchev–Trinajstić information content (AvgIpc) is 2.42. The summed E-state index contributed by atoms with van der Waals surface area (Å²) >= 11 is 0. The van der Waals surface area contributed by atoms with Crippen LogP contribution in [0.1, 0.15) is 60.5 Å². The maximum absolute atomic E-state index is 4.75. The fraction of sp³-hybridized carbons (Fsp3) is 0.647. The second-order valence-corrected chi connectivity index (χ2v) is 4.89. The highest BCUT2D eigenvalue weighted by Crippen LogP contribution is 2.25. The zero-order valence-corrected chi connectivity index (χ0v) is 13.6. The summed E-state index contributed by atoms with van der Waals surface area (Å²) in [6.07, 6.45) is 1.58. The molecule has 0 radical (unpaired) electrons. The molecule has 18 heavy (non-hydrogen) atoms. The van der Waals surface area contributed by atoms with Gasteiger partial charge in [0.05, 0.1) is 6.10 Å². The fourth-order valence-corrected chi connectivity index (χ4v) is 1.09. The Morgan fingerprint density at radius 3 is 1.72 bits per heavy atom. The summed E-state index contributed by atoms with van der Waals surface area (Å²) in [5.74, 6) is 0. The molecule has 0 saturated carbocycles. The van der Waals surface area contributed by atoms with Crippen molar-refractivity contribution in [1.29, 1.82) is 0 Å². The van der Waals surface area contributed by atoms with Crippen LogP contribution in [-0.2, 0) is 10.2 Å². The molecule has 1 nitrogen and oxygen atoms in total. The maximum atomic E-state index is 4.75. The second kappa shape index (κ2) is 11.3. The third kappa shape index (κ3) is 9.23. The van der Waals surface area contributed by atoms with Crippen molar-refractivity contribution in [2.45, 2.75) is 66.4 Å². The Bertz CT molecular complexity index is 262. The van der Waals surface area contributed by atoms with Gasteiger partial charge in [-0.25, -0.2) is 0 Å². The number of hydrogen-bond acceptors (Lipinski definition) is 1. The van der Waals surface area contributed by atoms with Gasteiger partial charge in [-0.1, -0.05) is 65.0 Å². The van der Waals surface area contributed by atoms with Crippen molar-refractivity contribution in [2.75, 3.05) is 7.11 Å². The summed E-state index contributed by atoms with van der Waals surface area (Å²) in [4.78, 5) is 0. The number of rotatable bonds is 3. The first-order valence-electron chi connectivity index (χ1n) is 7.02. The van der Waals surface area contributed by atoms with Gasteiger partial charge in [0.2, 0.25) is 0 Å².